The summed E-state index contributed by atoms with van der Waals surface area (Å²) in [5.41, 5.74) is 1.04. The largest absolute Gasteiger partial charge is 0.367 e. The Bertz CT molecular complexity index is 472. The van der Waals surface area contributed by atoms with Crippen LogP contribution in [-0.2, 0) is 30.3 Å². The number of ether oxygens (including phenoxy) is 4. The molecule has 4 atom stereocenters. The summed E-state index contributed by atoms with van der Waals surface area (Å²) in [6, 6.07) is 9.78. The third kappa shape index (κ3) is 2.62. The Hall–Kier alpha value is -1.27. The summed E-state index contributed by atoms with van der Waals surface area (Å²) in [7, 11) is 0. The van der Waals surface area contributed by atoms with Gasteiger partial charge in [0.05, 0.1) is 6.61 Å². The molecule has 0 N–H and O–H groups in total. The predicted octanol–water partition coefficient (Wildman–Crippen LogP) is 1.65. The van der Waals surface area contributed by atoms with Gasteiger partial charge in [-0.2, -0.15) is 0 Å². The molecule has 2 aliphatic rings. The molecule has 2 fully saturated rings. The molecule has 0 spiro atoms. The van der Waals surface area contributed by atoms with Gasteiger partial charge < -0.3 is 23.7 Å². The fourth-order valence-electron chi connectivity index (χ4n) is 2.57. The van der Waals surface area contributed by atoms with Crippen LogP contribution < -0.4 is 0 Å². The van der Waals surface area contributed by atoms with Crippen LogP contribution in [0.2, 0.25) is 0 Å². The summed E-state index contributed by atoms with van der Waals surface area (Å²) in [6.45, 7) is 4.05. The molecule has 0 saturated carbocycles. The highest BCUT2D eigenvalue weighted by Crippen LogP contribution is 2.38. The van der Waals surface area contributed by atoms with E-state index < -0.39 is 24.3 Å². The molecular formula is C15H18O5. The summed E-state index contributed by atoms with van der Waals surface area (Å²) in [5, 5.41) is 0. The van der Waals surface area contributed by atoms with Crippen LogP contribution in [0.5, 0.6) is 0 Å². The normalized spacial score (nSPS) is 34.9. The van der Waals surface area contributed by atoms with Gasteiger partial charge >= 0.3 is 0 Å². The van der Waals surface area contributed by atoms with E-state index in [1.54, 1.807) is 0 Å². The Labute approximate surface area is 117 Å². The van der Waals surface area contributed by atoms with Gasteiger partial charge in [0.1, 0.15) is 18.3 Å². The van der Waals surface area contributed by atoms with E-state index in [1.165, 1.54) is 0 Å². The smallest absolute Gasteiger partial charge is 0.190 e. The van der Waals surface area contributed by atoms with E-state index in [9.17, 15) is 4.79 Å². The lowest BCUT2D eigenvalue weighted by molar-refractivity contribution is -0.216. The van der Waals surface area contributed by atoms with E-state index in [0.717, 1.165) is 11.8 Å². The van der Waals surface area contributed by atoms with E-state index in [2.05, 4.69) is 0 Å². The average molecular weight is 278 g/mol. The molecule has 3 rings (SSSR count). The van der Waals surface area contributed by atoms with Gasteiger partial charge in [0.25, 0.3) is 0 Å². The van der Waals surface area contributed by atoms with Crippen molar-refractivity contribution in [2.24, 2.45) is 0 Å². The van der Waals surface area contributed by atoms with Crippen LogP contribution in [0.1, 0.15) is 19.4 Å². The average Bonchev–Trinajstić information content (AvgIpc) is 2.89. The van der Waals surface area contributed by atoms with Crippen molar-refractivity contribution in [2.75, 3.05) is 0 Å². The molecule has 5 heteroatoms. The molecule has 1 aromatic carbocycles. The number of carbonyl (C=O) groups excluding carboxylic acids is 1. The molecule has 1 aromatic rings. The predicted molar refractivity (Wildman–Crippen MR) is 69.8 cm³/mol. The Morgan fingerprint density at radius 2 is 2.00 bits per heavy atom. The van der Waals surface area contributed by atoms with Crippen molar-refractivity contribution in [1.29, 1.82) is 0 Å². The molecule has 0 bridgehead atoms. The van der Waals surface area contributed by atoms with Crippen LogP contribution in [-0.4, -0.2) is 36.7 Å². The van der Waals surface area contributed by atoms with Crippen molar-refractivity contribution in [1.82, 2.24) is 0 Å². The van der Waals surface area contributed by atoms with Crippen LogP contribution >= 0.6 is 0 Å². The molecule has 0 amide bonds. The molecule has 5 nitrogen and oxygen atoms in total. The Kier molecular flexibility index (Phi) is 3.60. The first-order valence-electron chi connectivity index (χ1n) is 6.71. The molecule has 2 saturated heterocycles. The van der Waals surface area contributed by atoms with Crippen LogP contribution in [0.25, 0.3) is 0 Å². The second kappa shape index (κ2) is 5.26. The minimum Gasteiger partial charge on any atom is -0.367 e. The fourth-order valence-corrected chi connectivity index (χ4v) is 2.57. The van der Waals surface area contributed by atoms with Crippen molar-refractivity contribution in [3.63, 3.8) is 0 Å². The number of hydrogen-bond acceptors (Lipinski definition) is 5. The van der Waals surface area contributed by atoms with Gasteiger partial charge in [-0.1, -0.05) is 30.3 Å². The van der Waals surface area contributed by atoms with Crippen LogP contribution in [0, 0.1) is 0 Å². The lowest BCUT2D eigenvalue weighted by Crippen LogP contribution is -2.37. The van der Waals surface area contributed by atoms with Gasteiger partial charge in [-0.25, -0.2) is 0 Å². The molecule has 0 radical (unpaired) electrons. The fraction of sp³-hybridized carbons (Fsp3) is 0.533. The Morgan fingerprint density at radius 3 is 2.70 bits per heavy atom. The van der Waals surface area contributed by atoms with E-state index in [-0.39, 0.29) is 6.10 Å². The van der Waals surface area contributed by atoms with Crippen molar-refractivity contribution in [3.05, 3.63) is 35.9 Å². The maximum absolute atomic E-state index is 11.1. The summed E-state index contributed by atoms with van der Waals surface area (Å²) < 4.78 is 22.7. The minimum absolute atomic E-state index is 0.371. The Balaban J connectivity index is 1.68. The SMILES string of the molecule is CC1(C)O[C@@H]2O[C@H](C=O)C(OCc3ccccc3)[C@@H]2O1. The lowest BCUT2D eigenvalue weighted by Gasteiger charge is -2.23. The first-order chi connectivity index (χ1) is 9.59. The van der Waals surface area contributed by atoms with Gasteiger partial charge in [-0.3, -0.25) is 0 Å². The number of benzene rings is 1. The van der Waals surface area contributed by atoms with E-state index in [1.807, 2.05) is 44.2 Å². The lowest BCUT2D eigenvalue weighted by atomic mass is 10.1. The summed E-state index contributed by atoms with van der Waals surface area (Å²) >= 11 is 0. The van der Waals surface area contributed by atoms with Crippen LogP contribution in [0.4, 0.5) is 0 Å². The number of hydrogen-bond donors (Lipinski definition) is 0. The third-order valence-electron chi connectivity index (χ3n) is 3.45. The second-order valence-electron chi connectivity index (χ2n) is 5.47. The summed E-state index contributed by atoms with van der Waals surface area (Å²) in [6.07, 6.45) is -1.26. The topological polar surface area (TPSA) is 54.0 Å². The number of rotatable bonds is 4. The highest BCUT2D eigenvalue weighted by atomic mass is 16.8. The van der Waals surface area contributed by atoms with E-state index in [4.69, 9.17) is 18.9 Å². The third-order valence-corrected chi connectivity index (χ3v) is 3.45. The highest BCUT2D eigenvalue weighted by molar-refractivity contribution is 5.58. The van der Waals surface area contributed by atoms with Gasteiger partial charge in [0.15, 0.2) is 18.4 Å². The van der Waals surface area contributed by atoms with Crippen LogP contribution in [0.15, 0.2) is 30.3 Å². The van der Waals surface area contributed by atoms with E-state index >= 15 is 0 Å². The van der Waals surface area contributed by atoms with Gasteiger partial charge in [0, 0.05) is 0 Å². The van der Waals surface area contributed by atoms with Crippen molar-refractivity contribution >= 4 is 6.29 Å². The monoisotopic (exact) mass is 278 g/mol. The van der Waals surface area contributed by atoms with Crippen molar-refractivity contribution in [3.8, 4) is 0 Å². The zero-order valence-corrected chi connectivity index (χ0v) is 11.5. The first kappa shape index (κ1) is 13.7. The Morgan fingerprint density at radius 1 is 1.25 bits per heavy atom. The van der Waals surface area contributed by atoms with Gasteiger partial charge in [-0.15, -0.1) is 0 Å². The summed E-state index contributed by atoms with van der Waals surface area (Å²) in [5.74, 6) is -0.711. The molecule has 0 aromatic heterocycles. The second-order valence-corrected chi connectivity index (χ2v) is 5.47. The minimum atomic E-state index is -0.711. The molecule has 2 aliphatic heterocycles. The number of carbonyl (C=O) groups is 1. The van der Waals surface area contributed by atoms with Crippen molar-refractivity contribution < 1.29 is 23.7 Å². The van der Waals surface area contributed by atoms with Crippen LogP contribution in [0.3, 0.4) is 0 Å². The maximum atomic E-state index is 11.1. The molecule has 20 heavy (non-hydrogen) atoms. The van der Waals surface area contributed by atoms with Crippen molar-refractivity contribution in [2.45, 2.75) is 50.8 Å². The van der Waals surface area contributed by atoms with Gasteiger partial charge in [0.2, 0.25) is 0 Å². The molecule has 2 heterocycles. The van der Waals surface area contributed by atoms with E-state index in [0.29, 0.717) is 6.61 Å². The number of fused-ring (bicyclic) bond motifs is 1. The molecular weight excluding hydrogens is 260 g/mol. The first-order valence-corrected chi connectivity index (χ1v) is 6.71. The maximum Gasteiger partial charge on any atom is 0.190 e. The molecule has 1 unspecified atom stereocenters. The quantitative estimate of drug-likeness (QED) is 0.784. The zero-order chi connectivity index (χ0) is 14.2. The zero-order valence-electron chi connectivity index (χ0n) is 11.5. The molecule has 108 valence electrons. The number of aldehydes is 1. The highest BCUT2D eigenvalue weighted by Gasteiger charge is 2.55. The van der Waals surface area contributed by atoms with Gasteiger partial charge in [-0.05, 0) is 19.4 Å². The molecule has 0 aliphatic carbocycles. The standard InChI is InChI=1S/C15H18O5/c1-15(2)19-13-12(11(8-16)18-14(13)20-15)17-9-10-6-4-3-5-7-10/h3-8,11-14H,9H2,1-2H3/t11-,12?,13+,14+/m1/s1. The summed E-state index contributed by atoms with van der Waals surface area (Å²) in [4.78, 5) is 11.1.